The first-order valence-electron chi connectivity index (χ1n) is 6.82. The fourth-order valence-corrected chi connectivity index (χ4v) is 1.89. The van der Waals surface area contributed by atoms with Gasteiger partial charge in [-0.05, 0) is 36.2 Å². The number of hydrogen-bond acceptors (Lipinski definition) is 4. The maximum absolute atomic E-state index is 12.0. The fraction of sp³-hybridized carbons (Fsp3) is 0.250. The Bertz CT molecular complexity index is 591. The average Bonchev–Trinajstić information content (AvgIpc) is 2.49. The van der Waals surface area contributed by atoms with Crippen molar-refractivity contribution in [2.75, 3.05) is 31.3 Å². The summed E-state index contributed by atoms with van der Waals surface area (Å²) in [6.45, 7) is 0.582. The van der Waals surface area contributed by atoms with Crippen LogP contribution in [0.1, 0.15) is 15.9 Å². The number of carbonyl (C=O) groups excluding carboxylic acids is 1. The lowest BCUT2D eigenvalue weighted by Crippen LogP contribution is -2.26. The molecule has 2 rings (SSSR count). The van der Waals surface area contributed by atoms with E-state index in [1.807, 2.05) is 49.3 Å². The highest BCUT2D eigenvalue weighted by molar-refractivity contribution is 5.94. The van der Waals surface area contributed by atoms with Crippen LogP contribution in [0.5, 0.6) is 0 Å². The SMILES string of the molecule is CN(C)c1ccc(C(=O)NCCc2ccc(N)cc2)cn1. The number of rotatable bonds is 5. The van der Waals surface area contributed by atoms with Crippen LogP contribution in [0.3, 0.4) is 0 Å². The Morgan fingerprint density at radius 3 is 2.48 bits per heavy atom. The number of anilines is 2. The molecule has 0 atom stereocenters. The lowest BCUT2D eigenvalue weighted by molar-refractivity contribution is 0.0954. The normalized spacial score (nSPS) is 10.2. The molecule has 1 aromatic heterocycles. The van der Waals surface area contributed by atoms with E-state index in [-0.39, 0.29) is 5.91 Å². The van der Waals surface area contributed by atoms with Crippen molar-refractivity contribution in [3.63, 3.8) is 0 Å². The van der Waals surface area contributed by atoms with Gasteiger partial charge in [-0.25, -0.2) is 4.98 Å². The number of nitrogens with zero attached hydrogens (tertiary/aromatic N) is 2. The second kappa shape index (κ2) is 6.74. The lowest BCUT2D eigenvalue weighted by Gasteiger charge is -2.11. The van der Waals surface area contributed by atoms with Crippen LogP contribution in [0, 0.1) is 0 Å². The van der Waals surface area contributed by atoms with Crippen LogP contribution in [0.25, 0.3) is 0 Å². The molecule has 0 aliphatic carbocycles. The van der Waals surface area contributed by atoms with Crippen LogP contribution in [0.2, 0.25) is 0 Å². The van der Waals surface area contributed by atoms with Gasteiger partial charge < -0.3 is 16.0 Å². The molecule has 0 aliphatic rings. The van der Waals surface area contributed by atoms with Crippen molar-refractivity contribution in [3.8, 4) is 0 Å². The van der Waals surface area contributed by atoms with E-state index >= 15 is 0 Å². The van der Waals surface area contributed by atoms with Gasteiger partial charge in [0.2, 0.25) is 0 Å². The van der Waals surface area contributed by atoms with E-state index in [0.29, 0.717) is 12.1 Å². The predicted octanol–water partition coefficient (Wildman–Crippen LogP) is 1.70. The van der Waals surface area contributed by atoms with Crippen molar-refractivity contribution in [1.29, 1.82) is 0 Å². The molecule has 110 valence electrons. The van der Waals surface area contributed by atoms with Crippen LogP contribution in [0.15, 0.2) is 42.6 Å². The summed E-state index contributed by atoms with van der Waals surface area (Å²) < 4.78 is 0. The number of nitrogens with one attached hydrogen (secondary N) is 1. The van der Waals surface area contributed by atoms with Gasteiger partial charge in [-0.2, -0.15) is 0 Å². The Morgan fingerprint density at radius 2 is 1.90 bits per heavy atom. The molecule has 0 fully saturated rings. The molecule has 2 aromatic rings. The van der Waals surface area contributed by atoms with Gasteiger partial charge in [0.25, 0.3) is 5.91 Å². The summed E-state index contributed by atoms with van der Waals surface area (Å²) in [5.41, 5.74) is 8.09. The summed E-state index contributed by atoms with van der Waals surface area (Å²) in [6.07, 6.45) is 2.36. The molecular formula is C16H20N4O. The maximum Gasteiger partial charge on any atom is 0.252 e. The summed E-state index contributed by atoms with van der Waals surface area (Å²) in [5.74, 6) is 0.719. The molecule has 0 bridgehead atoms. The van der Waals surface area contributed by atoms with Gasteiger partial charge in [0, 0.05) is 32.5 Å². The average molecular weight is 284 g/mol. The van der Waals surface area contributed by atoms with Crippen molar-refractivity contribution in [2.45, 2.75) is 6.42 Å². The third-order valence-corrected chi connectivity index (χ3v) is 3.15. The number of pyridine rings is 1. The molecule has 1 aromatic carbocycles. The molecule has 0 saturated carbocycles. The molecule has 5 heteroatoms. The number of nitrogen functional groups attached to an aromatic ring is 1. The molecular weight excluding hydrogens is 264 g/mol. The number of aromatic nitrogens is 1. The van der Waals surface area contributed by atoms with Gasteiger partial charge in [0.1, 0.15) is 5.82 Å². The number of nitrogens with two attached hydrogens (primary N) is 1. The highest BCUT2D eigenvalue weighted by Crippen LogP contribution is 2.08. The lowest BCUT2D eigenvalue weighted by atomic mass is 10.1. The molecule has 0 radical (unpaired) electrons. The van der Waals surface area contributed by atoms with Gasteiger partial charge in [0.05, 0.1) is 5.56 Å². The molecule has 1 heterocycles. The Morgan fingerprint density at radius 1 is 1.19 bits per heavy atom. The van der Waals surface area contributed by atoms with Crippen molar-refractivity contribution in [2.24, 2.45) is 0 Å². The standard InChI is InChI=1S/C16H20N4O/c1-20(2)15-8-5-13(11-19-15)16(21)18-10-9-12-3-6-14(17)7-4-12/h3-8,11H,9-10,17H2,1-2H3,(H,18,21). The van der Waals surface area contributed by atoms with E-state index < -0.39 is 0 Å². The minimum atomic E-state index is -0.108. The zero-order valence-corrected chi connectivity index (χ0v) is 12.3. The smallest absolute Gasteiger partial charge is 0.252 e. The fourth-order valence-electron chi connectivity index (χ4n) is 1.89. The summed E-state index contributed by atoms with van der Waals surface area (Å²) in [7, 11) is 3.82. The van der Waals surface area contributed by atoms with E-state index in [2.05, 4.69) is 10.3 Å². The second-order valence-corrected chi connectivity index (χ2v) is 5.05. The van der Waals surface area contributed by atoms with Crippen molar-refractivity contribution >= 4 is 17.4 Å². The Kier molecular flexibility index (Phi) is 4.77. The van der Waals surface area contributed by atoms with Crippen LogP contribution in [0.4, 0.5) is 11.5 Å². The summed E-state index contributed by atoms with van der Waals surface area (Å²) in [6, 6.07) is 11.3. The maximum atomic E-state index is 12.0. The Labute approximate surface area is 124 Å². The largest absolute Gasteiger partial charge is 0.399 e. The van der Waals surface area contributed by atoms with Gasteiger partial charge in [-0.15, -0.1) is 0 Å². The number of benzene rings is 1. The van der Waals surface area contributed by atoms with Crippen LogP contribution < -0.4 is 16.0 Å². The Hall–Kier alpha value is -2.56. The molecule has 1 amide bonds. The first kappa shape index (κ1) is 14.8. The molecule has 0 aliphatic heterocycles. The quantitative estimate of drug-likeness (QED) is 0.820. The van der Waals surface area contributed by atoms with Crippen LogP contribution >= 0.6 is 0 Å². The zero-order chi connectivity index (χ0) is 15.2. The Balaban J connectivity index is 1.85. The highest BCUT2D eigenvalue weighted by Gasteiger charge is 2.06. The van der Waals surface area contributed by atoms with Gasteiger partial charge in [-0.1, -0.05) is 12.1 Å². The topological polar surface area (TPSA) is 71.2 Å². The van der Waals surface area contributed by atoms with Gasteiger partial charge >= 0.3 is 0 Å². The first-order valence-corrected chi connectivity index (χ1v) is 6.82. The highest BCUT2D eigenvalue weighted by atomic mass is 16.1. The van der Waals surface area contributed by atoms with E-state index in [4.69, 9.17) is 5.73 Å². The number of carbonyl (C=O) groups is 1. The van der Waals surface area contributed by atoms with E-state index in [1.165, 1.54) is 0 Å². The van der Waals surface area contributed by atoms with E-state index in [1.54, 1.807) is 12.3 Å². The third kappa shape index (κ3) is 4.21. The summed E-state index contributed by atoms with van der Waals surface area (Å²) >= 11 is 0. The number of amides is 1. The van der Waals surface area contributed by atoms with Crippen LogP contribution in [-0.4, -0.2) is 31.5 Å². The molecule has 0 spiro atoms. The zero-order valence-electron chi connectivity index (χ0n) is 12.3. The predicted molar refractivity (Wildman–Crippen MR) is 85.5 cm³/mol. The van der Waals surface area contributed by atoms with Crippen LogP contribution in [-0.2, 0) is 6.42 Å². The van der Waals surface area contributed by atoms with Gasteiger partial charge in [-0.3, -0.25) is 4.79 Å². The van der Waals surface area contributed by atoms with E-state index in [9.17, 15) is 4.79 Å². The van der Waals surface area contributed by atoms with Crippen molar-refractivity contribution in [3.05, 3.63) is 53.7 Å². The second-order valence-electron chi connectivity index (χ2n) is 5.05. The molecule has 21 heavy (non-hydrogen) atoms. The minimum absolute atomic E-state index is 0.108. The number of hydrogen-bond donors (Lipinski definition) is 2. The first-order chi connectivity index (χ1) is 10.1. The minimum Gasteiger partial charge on any atom is -0.399 e. The molecule has 3 N–H and O–H groups in total. The molecule has 0 saturated heterocycles. The van der Waals surface area contributed by atoms with Crippen molar-refractivity contribution in [1.82, 2.24) is 10.3 Å². The van der Waals surface area contributed by atoms with Crippen molar-refractivity contribution < 1.29 is 4.79 Å². The monoisotopic (exact) mass is 284 g/mol. The molecule has 0 unspecified atom stereocenters. The molecule has 5 nitrogen and oxygen atoms in total. The third-order valence-electron chi connectivity index (χ3n) is 3.15. The summed E-state index contributed by atoms with van der Waals surface area (Å²) in [4.78, 5) is 18.1. The van der Waals surface area contributed by atoms with Gasteiger partial charge in [0.15, 0.2) is 0 Å². The van der Waals surface area contributed by atoms with E-state index in [0.717, 1.165) is 23.5 Å². The summed E-state index contributed by atoms with van der Waals surface area (Å²) in [5, 5.41) is 2.89.